The summed E-state index contributed by atoms with van der Waals surface area (Å²) in [5.74, 6) is 0.200. The Balaban J connectivity index is 1.90. The van der Waals surface area contributed by atoms with Gasteiger partial charge in [-0.2, -0.15) is 0 Å². The van der Waals surface area contributed by atoms with Crippen molar-refractivity contribution in [2.45, 2.75) is 26.3 Å². The molecule has 0 radical (unpaired) electrons. The number of carbonyl (C=O) groups is 2. The third kappa shape index (κ3) is 6.29. The highest BCUT2D eigenvalue weighted by molar-refractivity contribution is 7.09. The standard InChI is InChI=1S/C20H25NO5S/c1-4-5-10-25-17-9-8-15(12-18(17)24-3)20(23)26-14-19(22)21(2)13-16-7-6-11-27-16/h6-9,11-12H,4-5,10,13-14H2,1-3H3. The van der Waals surface area contributed by atoms with Crippen LogP contribution in [0.5, 0.6) is 11.5 Å². The second-order valence-corrected chi connectivity index (χ2v) is 7.01. The summed E-state index contributed by atoms with van der Waals surface area (Å²) in [5, 5.41) is 1.96. The maximum Gasteiger partial charge on any atom is 0.338 e. The molecule has 27 heavy (non-hydrogen) atoms. The van der Waals surface area contributed by atoms with Crippen molar-refractivity contribution in [2.75, 3.05) is 27.4 Å². The van der Waals surface area contributed by atoms with Crippen molar-refractivity contribution in [1.29, 1.82) is 0 Å². The summed E-state index contributed by atoms with van der Waals surface area (Å²) in [6.45, 7) is 2.85. The van der Waals surface area contributed by atoms with E-state index < -0.39 is 5.97 Å². The van der Waals surface area contributed by atoms with Crippen molar-refractivity contribution in [2.24, 2.45) is 0 Å². The summed E-state index contributed by atoms with van der Waals surface area (Å²) in [6, 6.07) is 8.73. The van der Waals surface area contributed by atoms with Crippen LogP contribution in [-0.2, 0) is 16.1 Å². The Kier molecular flexibility index (Phi) is 8.13. The summed E-state index contributed by atoms with van der Waals surface area (Å²) in [7, 11) is 3.20. The molecule has 0 aliphatic heterocycles. The van der Waals surface area contributed by atoms with E-state index in [0.717, 1.165) is 17.7 Å². The third-order valence-electron chi connectivity index (χ3n) is 3.88. The van der Waals surface area contributed by atoms with E-state index in [-0.39, 0.29) is 12.5 Å². The Bertz CT molecular complexity index is 745. The first kappa shape index (κ1) is 20.8. The van der Waals surface area contributed by atoms with E-state index in [2.05, 4.69) is 6.92 Å². The smallest absolute Gasteiger partial charge is 0.338 e. The zero-order valence-electron chi connectivity index (χ0n) is 15.9. The van der Waals surface area contributed by atoms with E-state index in [1.54, 1.807) is 36.6 Å². The fraction of sp³-hybridized carbons (Fsp3) is 0.400. The largest absolute Gasteiger partial charge is 0.493 e. The molecule has 0 saturated carbocycles. The van der Waals surface area contributed by atoms with Crippen molar-refractivity contribution in [3.05, 3.63) is 46.2 Å². The van der Waals surface area contributed by atoms with Crippen LogP contribution in [0, 0.1) is 0 Å². The van der Waals surface area contributed by atoms with Crippen molar-refractivity contribution in [1.82, 2.24) is 4.90 Å². The van der Waals surface area contributed by atoms with Gasteiger partial charge in [-0.3, -0.25) is 4.79 Å². The Hall–Kier alpha value is -2.54. The molecule has 146 valence electrons. The normalized spacial score (nSPS) is 10.3. The number of thiophene rings is 1. The molecule has 0 saturated heterocycles. The fourth-order valence-corrected chi connectivity index (χ4v) is 3.04. The zero-order valence-corrected chi connectivity index (χ0v) is 16.7. The van der Waals surface area contributed by atoms with E-state index in [0.29, 0.717) is 30.2 Å². The number of ether oxygens (including phenoxy) is 3. The molecule has 0 fully saturated rings. The van der Waals surface area contributed by atoms with Gasteiger partial charge in [0, 0.05) is 11.9 Å². The van der Waals surface area contributed by atoms with Crippen LogP contribution in [0.1, 0.15) is 35.0 Å². The lowest BCUT2D eigenvalue weighted by Gasteiger charge is -2.16. The van der Waals surface area contributed by atoms with Gasteiger partial charge in [0.15, 0.2) is 18.1 Å². The van der Waals surface area contributed by atoms with Crippen LogP contribution in [0.4, 0.5) is 0 Å². The quantitative estimate of drug-likeness (QED) is 0.456. The van der Waals surface area contributed by atoms with Gasteiger partial charge in [-0.05, 0) is 36.1 Å². The first-order valence-corrected chi connectivity index (χ1v) is 9.67. The Morgan fingerprint density at radius 2 is 2.00 bits per heavy atom. The molecule has 0 bridgehead atoms. The second kappa shape index (κ2) is 10.6. The number of likely N-dealkylation sites (N-methyl/N-ethyl adjacent to an activating group) is 1. The molecule has 0 atom stereocenters. The first-order valence-electron chi connectivity index (χ1n) is 8.79. The topological polar surface area (TPSA) is 65.1 Å². The summed E-state index contributed by atoms with van der Waals surface area (Å²) < 4.78 is 16.1. The van der Waals surface area contributed by atoms with Gasteiger partial charge in [0.1, 0.15) is 0 Å². The van der Waals surface area contributed by atoms with Gasteiger partial charge in [-0.25, -0.2) is 4.79 Å². The average molecular weight is 391 g/mol. The molecular formula is C20H25NO5S. The van der Waals surface area contributed by atoms with Gasteiger partial charge in [-0.1, -0.05) is 19.4 Å². The summed E-state index contributed by atoms with van der Waals surface area (Å²) >= 11 is 1.57. The summed E-state index contributed by atoms with van der Waals surface area (Å²) in [6.07, 6.45) is 1.97. The molecule has 1 aromatic heterocycles. The fourth-order valence-electron chi connectivity index (χ4n) is 2.29. The molecular weight excluding hydrogens is 366 g/mol. The van der Waals surface area contributed by atoms with Crippen LogP contribution in [0.3, 0.4) is 0 Å². The van der Waals surface area contributed by atoms with E-state index in [4.69, 9.17) is 14.2 Å². The van der Waals surface area contributed by atoms with Crippen molar-refractivity contribution >= 4 is 23.2 Å². The number of carbonyl (C=O) groups excluding carboxylic acids is 2. The van der Waals surface area contributed by atoms with Crippen LogP contribution in [0.15, 0.2) is 35.7 Å². The summed E-state index contributed by atoms with van der Waals surface area (Å²) in [4.78, 5) is 27.0. The van der Waals surface area contributed by atoms with Crippen molar-refractivity contribution in [3.8, 4) is 11.5 Å². The molecule has 0 N–H and O–H groups in total. The number of unbranched alkanes of at least 4 members (excludes halogenated alkanes) is 1. The van der Waals surface area contributed by atoms with Crippen LogP contribution in [0.2, 0.25) is 0 Å². The highest BCUT2D eigenvalue weighted by Crippen LogP contribution is 2.28. The number of hydrogen-bond donors (Lipinski definition) is 0. The van der Waals surface area contributed by atoms with Crippen LogP contribution >= 0.6 is 11.3 Å². The van der Waals surface area contributed by atoms with Gasteiger partial charge in [0.05, 0.1) is 25.8 Å². The van der Waals surface area contributed by atoms with Crippen molar-refractivity contribution < 1.29 is 23.8 Å². The van der Waals surface area contributed by atoms with Crippen molar-refractivity contribution in [3.63, 3.8) is 0 Å². The second-order valence-electron chi connectivity index (χ2n) is 5.97. The monoisotopic (exact) mass is 391 g/mol. The van der Waals surface area contributed by atoms with Gasteiger partial charge in [0.25, 0.3) is 5.91 Å². The third-order valence-corrected chi connectivity index (χ3v) is 4.74. The minimum absolute atomic E-state index is 0.261. The lowest BCUT2D eigenvalue weighted by molar-refractivity contribution is -0.133. The Labute approximate surface area is 163 Å². The molecule has 0 aliphatic carbocycles. The number of methoxy groups -OCH3 is 1. The summed E-state index contributed by atoms with van der Waals surface area (Å²) in [5.41, 5.74) is 0.309. The van der Waals surface area contributed by atoms with Gasteiger partial charge in [0.2, 0.25) is 0 Å². The van der Waals surface area contributed by atoms with E-state index in [1.165, 1.54) is 12.0 Å². The highest BCUT2D eigenvalue weighted by Gasteiger charge is 2.16. The molecule has 0 unspecified atom stereocenters. The molecule has 7 heteroatoms. The molecule has 6 nitrogen and oxygen atoms in total. The molecule has 2 rings (SSSR count). The first-order chi connectivity index (χ1) is 13.0. The van der Waals surface area contributed by atoms with Gasteiger partial charge >= 0.3 is 5.97 Å². The minimum atomic E-state index is -0.578. The Morgan fingerprint density at radius 1 is 1.19 bits per heavy atom. The molecule has 1 aromatic carbocycles. The maximum atomic E-state index is 12.2. The maximum absolute atomic E-state index is 12.2. The number of rotatable bonds is 10. The van der Waals surface area contributed by atoms with Gasteiger partial charge in [-0.15, -0.1) is 11.3 Å². The molecule has 1 heterocycles. The SMILES string of the molecule is CCCCOc1ccc(C(=O)OCC(=O)N(C)Cc2cccs2)cc1OC. The molecule has 1 amide bonds. The Morgan fingerprint density at radius 3 is 2.67 bits per heavy atom. The lowest BCUT2D eigenvalue weighted by atomic mass is 10.2. The number of amides is 1. The molecule has 0 spiro atoms. The van der Waals surface area contributed by atoms with Crippen LogP contribution in [-0.4, -0.2) is 44.1 Å². The number of benzene rings is 1. The van der Waals surface area contributed by atoms with Gasteiger partial charge < -0.3 is 19.1 Å². The van der Waals surface area contributed by atoms with E-state index in [9.17, 15) is 9.59 Å². The molecule has 0 aliphatic rings. The van der Waals surface area contributed by atoms with E-state index in [1.807, 2.05) is 17.5 Å². The minimum Gasteiger partial charge on any atom is -0.493 e. The molecule has 2 aromatic rings. The zero-order chi connectivity index (χ0) is 19.6. The predicted molar refractivity (Wildman–Crippen MR) is 104 cm³/mol. The highest BCUT2D eigenvalue weighted by atomic mass is 32.1. The van der Waals surface area contributed by atoms with E-state index >= 15 is 0 Å². The average Bonchev–Trinajstić information content (AvgIpc) is 3.19. The van der Waals surface area contributed by atoms with Crippen LogP contribution in [0.25, 0.3) is 0 Å². The number of esters is 1. The predicted octanol–water partition coefficient (Wildman–Crippen LogP) is 3.75. The van der Waals surface area contributed by atoms with Crippen LogP contribution < -0.4 is 9.47 Å². The lowest BCUT2D eigenvalue weighted by Crippen LogP contribution is -2.30. The number of hydrogen-bond acceptors (Lipinski definition) is 6. The number of nitrogens with zero attached hydrogens (tertiary/aromatic N) is 1.